The highest BCUT2D eigenvalue weighted by atomic mass is 16.6. The molecule has 0 saturated carbocycles. The first-order valence-electron chi connectivity index (χ1n) is 15.7. The van der Waals surface area contributed by atoms with Gasteiger partial charge in [-0.25, -0.2) is 9.59 Å². The molecule has 3 aliphatic rings. The summed E-state index contributed by atoms with van der Waals surface area (Å²) in [6.07, 6.45) is 8.32. The van der Waals surface area contributed by atoms with Crippen LogP contribution in [0, 0.1) is 11.8 Å². The van der Waals surface area contributed by atoms with E-state index in [1.165, 1.54) is 0 Å². The molecule has 0 radical (unpaired) electrons. The van der Waals surface area contributed by atoms with Crippen molar-refractivity contribution in [1.29, 1.82) is 0 Å². The summed E-state index contributed by atoms with van der Waals surface area (Å²) >= 11 is 0. The molecular weight excluding hydrogens is 552 g/mol. The fourth-order valence-corrected chi connectivity index (χ4v) is 5.46. The molecule has 3 N–H and O–H groups in total. The number of urea groups is 1. The standard InChI is InChI=1S/C32H52N4O7/c1-23(22-33-30(39)35-15-6-7-16-35)9-8-10-24(2)29-25(3)11-12-27(42-31(40)36-19-17-34(5)18-20-36)32(4,41)14-13-26(37)21-28(38)43-29/h8-12,23,25-27,29,37,41H,6-7,13-22H2,1-5H3,(H,33,39)/b9-8+,12-11-,24-10+/t23-,25+,26+,27+,29-,32+/m1/s1. The van der Waals surface area contributed by atoms with E-state index in [-0.39, 0.29) is 37.1 Å². The summed E-state index contributed by atoms with van der Waals surface area (Å²) in [4.78, 5) is 43.6. The molecule has 0 aromatic carbocycles. The maximum atomic E-state index is 13.0. The highest BCUT2D eigenvalue weighted by Gasteiger charge is 2.36. The average Bonchev–Trinajstić information content (AvgIpc) is 3.50. The Hall–Kier alpha value is -2.89. The molecule has 3 heterocycles. The Kier molecular flexibility index (Phi) is 13.1. The van der Waals surface area contributed by atoms with Gasteiger partial charge in [0.15, 0.2) is 6.10 Å². The van der Waals surface area contributed by atoms with Crippen LogP contribution in [0.25, 0.3) is 0 Å². The Labute approximate surface area is 256 Å². The van der Waals surface area contributed by atoms with Gasteiger partial charge in [0.05, 0.1) is 12.5 Å². The summed E-state index contributed by atoms with van der Waals surface area (Å²) in [5, 5.41) is 24.8. The van der Waals surface area contributed by atoms with Gasteiger partial charge in [-0.15, -0.1) is 0 Å². The maximum Gasteiger partial charge on any atom is 0.410 e. The van der Waals surface area contributed by atoms with E-state index in [1.54, 1.807) is 17.9 Å². The lowest BCUT2D eigenvalue weighted by molar-refractivity contribution is -0.151. The molecule has 2 fully saturated rings. The van der Waals surface area contributed by atoms with Crippen molar-refractivity contribution in [2.24, 2.45) is 11.8 Å². The molecule has 0 unspecified atom stereocenters. The molecule has 2 saturated heterocycles. The number of likely N-dealkylation sites (N-methyl/N-ethyl adjacent to an activating group) is 1. The van der Waals surface area contributed by atoms with E-state index in [0.29, 0.717) is 19.6 Å². The maximum absolute atomic E-state index is 13.0. The van der Waals surface area contributed by atoms with Gasteiger partial charge in [0.2, 0.25) is 0 Å². The third-order valence-corrected chi connectivity index (χ3v) is 8.53. The minimum Gasteiger partial charge on any atom is -0.457 e. The third kappa shape index (κ3) is 11.0. The van der Waals surface area contributed by atoms with Gasteiger partial charge in [0.25, 0.3) is 0 Å². The minimum absolute atomic E-state index is 0.0288. The van der Waals surface area contributed by atoms with Crippen molar-refractivity contribution in [3.8, 4) is 0 Å². The lowest BCUT2D eigenvalue weighted by Gasteiger charge is -2.36. The van der Waals surface area contributed by atoms with Crippen molar-refractivity contribution in [2.75, 3.05) is 52.9 Å². The van der Waals surface area contributed by atoms with Crippen LogP contribution < -0.4 is 5.32 Å². The number of carbonyl (C=O) groups excluding carboxylic acids is 3. The second kappa shape index (κ2) is 16.3. The minimum atomic E-state index is -1.45. The van der Waals surface area contributed by atoms with Crippen LogP contribution >= 0.6 is 0 Å². The number of hydrogen-bond acceptors (Lipinski definition) is 8. The third-order valence-electron chi connectivity index (χ3n) is 8.53. The highest BCUT2D eigenvalue weighted by Crippen LogP contribution is 2.27. The number of ether oxygens (including phenoxy) is 2. The van der Waals surface area contributed by atoms with E-state index >= 15 is 0 Å². The topological polar surface area (TPSA) is 132 Å². The fourth-order valence-electron chi connectivity index (χ4n) is 5.46. The summed E-state index contributed by atoms with van der Waals surface area (Å²) in [5.74, 6) is -0.742. The second-order valence-electron chi connectivity index (χ2n) is 12.7. The number of nitrogens with one attached hydrogen (secondary N) is 1. The molecule has 43 heavy (non-hydrogen) atoms. The van der Waals surface area contributed by atoms with Gasteiger partial charge in [-0.3, -0.25) is 4.79 Å². The number of nitrogens with zero attached hydrogens (tertiary/aromatic N) is 3. The molecule has 11 heteroatoms. The molecule has 3 aliphatic heterocycles. The van der Waals surface area contributed by atoms with Crippen molar-refractivity contribution in [2.45, 2.75) is 83.7 Å². The van der Waals surface area contributed by atoms with E-state index in [1.807, 2.05) is 57.0 Å². The van der Waals surface area contributed by atoms with E-state index in [9.17, 15) is 24.6 Å². The first kappa shape index (κ1) is 34.6. The van der Waals surface area contributed by atoms with Crippen LogP contribution in [0.4, 0.5) is 9.59 Å². The number of hydrogen-bond donors (Lipinski definition) is 3. The molecule has 0 spiro atoms. The zero-order valence-corrected chi connectivity index (χ0v) is 26.5. The van der Waals surface area contributed by atoms with Crippen molar-refractivity contribution in [3.05, 3.63) is 36.0 Å². The van der Waals surface area contributed by atoms with Gasteiger partial charge in [0, 0.05) is 51.7 Å². The molecule has 0 aromatic rings. The summed E-state index contributed by atoms with van der Waals surface area (Å²) in [7, 11) is 2.00. The van der Waals surface area contributed by atoms with Crippen LogP contribution in [-0.2, 0) is 14.3 Å². The van der Waals surface area contributed by atoms with Crippen LogP contribution in [0.1, 0.15) is 59.8 Å². The molecule has 3 amide bonds. The van der Waals surface area contributed by atoms with Crippen molar-refractivity contribution in [1.82, 2.24) is 20.0 Å². The highest BCUT2D eigenvalue weighted by molar-refractivity contribution is 5.74. The van der Waals surface area contributed by atoms with Crippen LogP contribution in [0.15, 0.2) is 36.0 Å². The first-order chi connectivity index (χ1) is 20.4. The summed E-state index contributed by atoms with van der Waals surface area (Å²) in [6, 6.07) is -0.0288. The molecule has 3 rings (SSSR count). The Morgan fingerprint density at radius 2 is 1.84 bits per heavy atom. The van der Waals surface area contributed by atoms with E-state index in [2.05, 4.69) is 10.2 Å². The Balaban J connectivity index is 1.71. The molecule has 11 nitrogen and oxygen atoms in total. The van der Waals surface area contributed by atoms with Crippen LogP contribution in [-0.4, -0.2) is 120 Å². The smallest absolute Gasteiger partial charge is 0.410 e. The normalized spacial score (nSPS) is 31.6. The zero-order chi connectivity index (χ0) is 31.6. The number of piperazine rings is 1. The van der Waals surface area contributed by atoms with Gasteiger partial charge in [-0.2, -0.15) is 0 Å². The van der Waals surface area contributed by atoms with E-state index < -0.39 is 36.0 Å². The predicted octanol–water partition coefficient (Wildman–Crippen LogP) is 3.08. The number of carbonyl (C=O) groups is 3. The number of rotatable bonds is 6. The first-order valence-corrected chi connectivity index (χ1v) is 15.7. The SMILES string of the molecule is C/C(=C\C=C\[C@@H](C)CNC(=O)N1CCCC1)[C@H]1OC(=O)C[C@@H](O)CC[C@](C)(O)[C@@H](OC(=O)N2CCN(C)CC2)/C=C\[C@@H]1C. The van der Waals surface area contributed by atoms with Crippen LogP contribution in [0.2, 0.25) is 0 Å². The number of aliphatic hydroxyl groups excluding tert-OH is 1. The molecular formula is C32H52N4O7. The van der Waals surface area contributed by atoms with Gasteiger partial charge < -0.3 is 39.7 Å². The lowest BCUT2D eigenvalue weighted by Crippen LogP contribution is -2.50. The number of aliphatic hydroxyl groups is 2. The van der Waals surface area contributed by atoms with Crippen LogP contribution in [0.5, 0.6) is 0 Å². The Bertz CT molecular complexity index is 1030. The molecule has 0 bridgehead atoms. The lowest BCUT2D eigenvalue weighted by atomic mass is 9.89. The predicted molar refractivity (Wildman–Crippen MR) is 164 cm³/mol. The molecule has 0 aromatic heterocycles. The summed E-state index contributed by atoms with van der Waals surface area (Å²) in [5.41, 5.74) is -0.661. The largest absolute Gasteiger partial charge is 0.457 e. The van der Waals surface area contributed by atoms with E-state index in [4.69, 9.17) is 9.47 Å². The second-order valence-corrected chi connectivity index (χ2v) is 12.7. The number of esters is 1. The van der Waals surface area contributed by atoms with Gasteiger partial charge in [-0.05, 0) is 64.1 Å². The van der Waals surface area contributed by atoms with Gasteiger partial charge >= 0.3 is 18.1 Å². The van der Waals surface area contributed by atoms with Crippen LogP contribution in [0.3, 0.4) is 0 Å². The average molecular weight is 605 g/mol. The number of likely N-dealkylation sites (tertiary alicyclic amines) is 1. The number of allylic oxidation sites excluding steroid dienone is 2. The molecule has 6 atom stereocenters. The van der Waals surface area contributed by atoms with Crippen molar-refractivity contribution in [3.63, 3.8) is 0 Å². The monoisotopic (exact) mass is 604 g/mol. The Morgan fingerprint density at radius 1 is 1.16 bits per heavy atom. The number of amides is 3. The zero-order valence-electron chi connectivity index (χ0n) is 26.5. The molecule has 0 aliphatic carbocycles. The van der Waals surface area contributed by atoms with E-state index in [0.717, 1.165) is 44.6 Å². The quantitative estimate of drug-likeness (QED) is 0.240. The Morgan fingerprint density at radius 3 is 2.51 bits per heavy atom. The summed E-state index contributed by atoms with van der Waals surface area (Å²) < 4.78 is 11.7. The number of cyclic esters (lactones) is 1. The van der Waals surface area contributed by atoms with Gasteiger partial charge in [0.1, 0.15) is 11.7 Å². The van der Waals surface area contributed by atoms with Crippen molar-refractivity contribution < 1.29 is 34.1 Å². The fraction of sp³-hybridized carbons (Fsp3) is 0.719. The molecule has 242 valence electrons. The summed E-state index contributed by atoms with van der Waals surface area (Å²) in [6.45, 7) is 12.1. The van der Waals surface area contributed by atoms with Gasteiger partial charge in [-0.1, -0.05) is 38.2 Å². The van der Waals surface area contributed by atoms with Crippen molar-refractivity contribution >= 4 is 18.1 Å².